The molecule has 0 saturated carbocycles. The van der Waals surface area contributed by atoms with Crippen LogP contribution < -0.4 is 0 Å². The first-order chi connectivity index (χ1) is 10.3. The van der Waals surface area contributed by atoms with Crippen molar-refractivity contribution in [3.05, 3.63) is 71.8 Å². The zero-order chi connectivity index (χ0) is 14.9. The van der Waals surface area contributed by atoms with E-state index in [1.807, 2.05) is 60.7 Å². The quantitative estimate of drug-likeness (QED) is 0.578. The summed E-state index contributed by atoms with van der Waals surface area (Å²) >= 11 is 0. The fraction of sp³-hybridized carbons (Fsp3) is 0.222. The van der Waals surface area contributed by atoms with E-state index in [0.717, 1.165) is 17.4 Å². The highest BCUT2D eigenvalue weighted by Crippen LogP contribution is 2.14. The van der Waals surface area contributed by atoms with Gasteiger partial charge >= 0.3 is 5.97 Å². The predicted octanol–water partition coefficient (Wildman–Crippen LogP) is 3.18. The summed E-state index contributed by atoms with van der Waals surface area (Å²) in [4.78, 5) is 22.9. The van der Waals surface area contributed by atoms with Gasteiger partial charge in [0, 0.05) is 6.42 Å². The lowest BCUT2D eigenvalue weighted by atomic mass is 9.97. The van der Waals surface area contributed by atoms with Gasteiger partial charge in [-0.2, -0.15) is 0 Å². The standard InChI is InChI=1S/C18H18O3/c19-12-11-17(13-15-7-3-1-4-8-15)18(20)21-14-16-9-5-2-6-10-16/h1-10,12,17H,11,13-14H2. The summed E-state index contributed by atoms with van der Waals surface area (Å²) in [5, 5.41) is 0. The van der Waals surface area contributed by atoms with Crippen LogP contribution in [-0.4, -0.2) is 12.3 Å². The summed E-state index contributed by atoms with van der Waals surface area (Å²) in [6, 6.07) is 19.2. The monoisotopic (exact) mass is 282 g/mol. The smallest absolute Gasteiger partial charge is 0.310 e. The zero-order valence-electron chi connectivity index (χ0n) is 11.8. The number of rotatable bonds is 7. The molecule has 3 heteroatoms. The van der Waals surface area contributed by atoms with Crippen molar-refractivity contribution in [2.45, 2.75) is 19.4 Å². The third kappa shape index (κ3) is 4.88. The Labute approximate surface area is 124 Å². The molecule has 0 aromatic heterocycles. The number of hydrogen-bond donors (Lipinski definition) is 0. The van der Waals surface area contributed by atoms with Crippen LogP contribution in [0.2, 0.25) is 0 Å². The summed E-state index contributed by atoms with van der Waals surface area (Å²) in [6.45, 7) is 0.240. The van der Waals surface area contributed by atoms with E-state index in [0.29, 0.717) is 6.42 Å². The van der Waals surface area contributed by atoms with E-state index in [1.165, 1.54) is 0 Å². The molecule has 3 nitrogen and oxygen atoms in total. The first-order valence-electron chi connectivity index (χ1n) is 6.97. The minimum Gasteiger partial charge on any atom is -0.461 e. The minimum absolute atomic E-state index is 0.183. The fourth-order valence-electron chi connectivity index (χ4n) is 2.12. The van der Waals surface area contributed by atoms with E-state index in [9.17, 15) is 9.59 Å². The second-order valence-electron chi connectivity index (χ2n) is 4.88. The Hall–Kier alpha value is -2.42. The largest absolute Gasteiger partial charge is 0.461 e. The van der Waals surface area contributed by atoms with Gasteiger partial charge in [-0.3, -0.25) is 4.79 Å². The first-order valence-corrected chi connectivity index (χ1v) is 6.97. The Morgan fingerprint density at radius 2 is 1.52 bits per heavy atom. The Balaban J connectivity index is 1.94. The molecule has 0 radical (unpaired) electrons. The lowest BCUT2D eigenvalue weighted by Crippen LogP contribution is -2.20. The molecule has 2 rings (SSSR count). The van der Waals surface area contributed by atoms with Crippen molar-refractivity contribution < 1.29 is 14.3 Å². The Bertz CT molecular complexity index is 564. The van der Waals surface area contributed by atoms with Crippen LogP contribution in [0.4, 0.5) is 0 Å². The van der Waals surface area contributed by atoms with Crippen molar-refractivity contribution in [2.75, 3.05) is 0 Å². The average molecular weight is 282 g/mol. The van der Waals surface area contributed by atoms with Gasteiger partial charge in [-0.15, -0.1) is 0 Å². The maximum Gasteiger partial charge on any atom is 0.310 e. The number of benzene rings is 2. The van der Waals surface area contributed by atoms with Gasteiger partial charge in [0.05, 0.1) is 5.92 Å². The maximum atomic E-state index is 12.1. The molecule has 1 unspecified atom stereocenters. The normalized spacial score (nSPS) is 11.6. The maximum absolute atomic E-state index is 12.1. The number of aldehydes is 1. The van der Waals surface area contributed by atoms with Gasteiger partial charge in [-0.05, 0) is 17.5 Å². The Morgan fingerprint density at radius 1 is 0.952 bits per heavy atom. The van der Waals surface area contributed by atoms with Crippen LogP contribution in [0.5, 0.6) is 0 Å². The van der Waals surface area contributed by atoms with Gasteiger partial charge < -0.3 is 9.53 Å². The number of carbonyl (C=O) groups excluding carboxylic acids is 2. The zero-order valence-corrected chi connectivity index (χ0v) is 11.8. The molecule has 0 N–H and O–H groups in total. The van der Waals surface area contributed by atoms with Crippen molar-refractivity contribution in [3.63, 3.8) is 0 Å². The summed E-state index contributed by atoms with van der Waals surface area (Å²) in [7, 11) is 0. The molecule has 0 saturated heterocycles. The molecular formula is C18H18O3. The molecular weight excluding hydrogens is 264 g/mol. The average Bonchev–Trinajstić information content (AvgIpc) is 2.54. The van der Waals surface area contributed by atoms with Gasteiger partial charge in [-0.1, -0.05) is 60.7 Å². The molecule has 0 aliphatic carbocycles. The van der Waals surface area contributed by atoms with Crippen LogP contribution in [0.15, 0.2) is 60.7 Å². The van der Waals surface area contributed by atoms with Crippen LogP contribution >= 0.6 is 0 Å². The van der Waals surface area contributed by atoms with E-state index < -0.39 is 5.92 Å². The van der Waals surface area contributed by atoms with Crippen molar-refractivity contribution in [3.8, 4) is 0 Å². The van der Waals surface area contributed by atoms with Crippen molar-refractivity contribution in [1.82, 2.24) is 0 Å². The molecule has 108 valence electrons. The topological polar surface area (TPSA) is 43.4 Å². The lowest BCUT2D eigenvalue weighted by molar-refractivity contribution is -0.150. The van der Waals surface area contributed by atoms with Crippen molar-refractivity contribution in [1.29, 1.82) is 0 Å². The van der Waals surface area contributed by atoms with E-state index in [4.69, 9.17) is 4.74 Å². The Kier molecular flexibility index (Phi) is 5.71. The Morgan fingerprint density at radius 3 is 2.10 bits per heavy atom. The molecule has 2 aromatic rings. The van der Waals surface area contributed by atoms with Gasteiger partial charge in [0.1, 0.15) is 12.9 Å². The fourth-order valence-corrected chi connectivity index (χ4v) is 2.12. The summed E-state index contributed by atoms with van der Waals surface area (Å²) < 4.78 is 5.32. The van der Waals surface area contributed by atoms with Gasteiger partial charge in [-0.25, -0.2) is 0 Å². The summed E-state index contributed by atoms with van der Waals surface area (Å²) in [5.41, 5.74) is 1.97. The molecule has 0 aliphatic rings. The molecule has 2 aromatic carbocycles. The number of esters is 1. The number of carbonyl (C=O) groups is 2. The van der Waals surface area contributed by atoms with Gasteiger partial charge in [0.25, 0.3) is 0 Å². The van der Waals surface area contributed by atoms with Crippen molar-refractivity contribution >= 4 is 12.3 Å². The van der Waals surface area contributed by atoms with Crippen LogP contribution in [0.1, 0.15) is 17.5 Å². The SMILES string of the molecule is O=CCC(Cc1ccccc1)C(=O)OCc1ccccc1. The van der Waals surface area contributed by atoms with Crippen LogP contribution in [0.25, 0.3) is 0 Å². The van der Waals surface area contributed by atoms with E-state index >= 15 is 0 Å². The molecule has 0 bridgehead atoms. The molecule has 0 heterocycles. The van der Waals surface area contributed by atoms with Gasteiger partial charge in [0.15, 0.2) is 0 Å². The number of ether oxygens (including phenoxy) is 1. The van der Waals surface area contributed by atoms with E-state index in [-0.39, 0.29) is 19.0 Å². The van der Waals surface area contributed by atoms with Crippen LogP contribution in [-0.2, 0) is 27.4 Å². The predicted molar refractivity (Wildman–Crippen MR) is 80.6 cm³/mol. The van der Waals surface area contributed by atoms with Crippen molar-refractivity contribution in [2.24, 2.45) is 5.92 Å². The first kappa shape index (κ1) is 15.0. The lowest BCUT2D eigenvalue weighted by Gasteiger charge is -2.14. The summed E-state index contributed by atoms with van der Waals surface area (Å²) in [6.07, 6.45) is 1.48. The highest BCUT2D eigenvalue weighted by atomic mass is 16.5. The molecule has 0 fully saturated rings. The van der Waals surface area contributed by atoms with Gasteiger partial charge in [0.2, 0.25) is 0 Å². The van der Waals surface area contributed by atoms with Crippen LogP contribution in [0, 0.1) is 5.92 Å². The molecule has 21 heavy (non-hydrogen) atoms. The summed E-state index contributed by atoms with van der Waals surface area (Å²) in [5.74, 6) is -0.747. The molecule has 0 spiro atoms. The highest BCUT2D eigenvalue weighted by Gasteiger charge is 2.20. The molecule has 0 amide bonds. The van der Waals surface area contributed by atoms with E-state index in [1.54, 1.807) is 0 Å². The highest BCUT2D eigenvalue weighted by molar-refractivity contribution is 5.75. The third-order valence-corrected chi connectivity index (χ3v) is 3.26. The minimum atomic E-state index is -0.423. The molecule has 0 aliphatic heterocycles. The van der Waals surface area contributed by atoms with E-state index in [2.05, 4.69) is 0 Å². The second kappa shape index (κ2) is 8.00. The van der Waals surface area contributed by atoms with Crippen LogP contribution in [0.3, 0.4) is 0 Å². The molecule has 1 atom stereocenters. The number of hydrogen-bond acceptors (Lipinski definition) is 3. The second-order valence-corrected chi connectivity index (χ2v) is 4.88. The third-order valence-electron chi connectivity index (χ3n) is 3.26.